The van der Waals surface area contributed by atoms with Crippen LogP contribution in [0.25, 0.3) is 0 Å². The number of carbonyl (C=O) groups is 1. The van der Waals surface area contributed by atoms with E-state index < -0.39 is 11.3 Å². The number of rotatable bonds is 1. The highest BCUT2D eigenvalue weighted by molar-refractivity contribution is 6.32. The molecular weight excluding hydrogens is 204 g/mol. The van der Waals surface area contributed by atoms with Crippen molar-refractivity contribution in [2.45, 2.75) is 23.9 Å². The molecule has 2 rings (SSSR count). The smallest absolute Gasteiger partial charge is 0.374 e. The van der Waals surface area contributed by atoms with Crippen LogP contribution >= 0.6 is 11.6 Å². The normalized spacial score (nSPS) is 32.7. The summed E-state index contributed by atoms with van der Waals surface area (Å²) in [5, 5.41) is -3.77. The van der Waals surface area contributed by atoms with Crippen molar-refractivity contribution in [2.75, 3.05) is 13.2 Å². The van der Waals surface area contributed by atoms with Crippen LogP contribution in [0.4, 0.5) is 8.78 Å². The molecule has 3 nitrogen and oxygen atoms in total. The van der Waals surface area contributed by atoms with Gasteiger partial charge in [-0.25, -0.2) is 0 Å². The topological polar surface area (TPSA) is 29.5 Å². The average molecular weight is 212 g/mol. The van der Waals surface area contributed by atoms with Gasteiger partial charge in [0.2, 0.25) is 0 Å². The van der Waals surface area contributed by atoms with Crippen molar-refractivity contribution in [2.24, 2.45) is 0 Å². The first kappa shape index (κ1) is 9.15. The molecule has 74 valence electrons. The van der Waals surface area contributed by atoms with Gasteiger partial charge in [-0.2, -0.15) is 8.78 Å². The fourth-order valence-corrected chi connectivity index (χ4v) is 1.92. The fourth-order valence-electron chi connectivity index (χ4n) is 1.81. The Hall–Kier alpha value is -0.420. The van der Waals surface area contributed by atoms with Gasteiger partial charge in [0, 0.05) is 6.54 Å². The molecule has 0 aromatic heterocycles. The Morgan fingerprint density at radius 1 is 1.62 bits per heavy atom. The van der Waals surface area contributed by atoms with Gasteiger partial charge in [-0.3, -0.25) is 4.79 Å². The Bertz CT molecular complexity index is 243. The lowest BCUT2D eigenvalue weighted by Crippen LogP contribution is -2.47. The summed E-state index contributed by atoms with van der Waals surface area (Å²) < 4.78 is 30.0. The predicted octanol–water partition coefficient (Wildman–Crippen LogP) is 0.818. The van der Waals surface area contributed by atoms with Crippen molar-refractivity contribution < 1.29 is 18.3 Å². The molecular formula is C7H8ClF2NO2. The number of alkyl halides is 3. The summed E-state index contributed by atoms with van der Waals surface area (Å²) in [6.45, 7) is 0.592. The van der Waals surface area contributed by atoms with Crippen molar-refractivity contribution in [3.63, 3.8) is 0 Å². The van der Waals surface area contributed by atoms with Crippen LogP contribution in [0.5, 0.6) is 0 Å². The Balaban J connectivity index is 2.07. The van der Waals surface area contributed by atoms with E-state index in [1.54, 1.807) is 0 Å². The lowest BCUT2D eigenvalue weighted by atomic mass is 10.2. The lowest BCUT2D eigenvalue weighted by molar-refractivity contribution is -0.151. The van der Waals surface area contributed by atoms with Gasteiger partial charge in [0.1, 0.15) is 0 Å². The number of likely N-dealkylation sites (tertiary alicyclic amines) is 1. The minimum absolute atomic E-state index is 0.0760. The Labute approximate surface area is 78.6 Å². The zero-order chi connectivity index (χ0) is 9.64. The largest absolute Gasteiger partial charge is 0.399 e. The SMILES string of the molecule is O=C(N1CC2CC1CO2)C(F)(F)Cl. The van der Waals surface area contributed by atoms with E-state index in [-0.39, 0.29) is 18.7 Å². The standard InChI is InChI=1S/C7H8ClF2NO2/c8-7(9,10)6(12)11-2-5-1-4(11)3-13-5/h4-5H,1-3H2. The first-order valence-electron chi connectivity index (χ1n) is 3.98. The van der Waals surface area contributed by atoms with Gasteiger partial charge in [-0.15, -0.1) is 0 Å². The summed E-state index contributed by atoms with van der Waals surface area (Å²) in [6, 6.07) is -0.206. The molecule has 2 fully saturated rings. The van der Waals surface area contributed by atoms with Crippen LogP contribution in [-0.4, -0.2) is 41.5 Å². The summed E-state index contributed by atoms with van der Waals surface area (Å²) >= 11 is 4.64. The van der Waals surface area contributed by atoms with E-state index in [1.807, 2.05) is 0 Å². The molecule has 0 radical (unpaired) electrons. The third-order valence-corrected chi connectivity index (χ3v) is 2.57. The van der Waals surface area contributed by atoms with Crippen LogP contribution < -0.4 is 0 Å². The molecule has 0 aromatic rings. The summed E-state index contributed by atoms with van der Waals surface area (Å²) in [4.78, 5) is 12.2. The highest BCUT2D eigenvalue weighted by Gasteiger charge is 2.49. The summed E-state index contributed by atoms with van der Waals surface area (Å²) in [7, 11) is 0. The van der Waals surface area contributed by atoms with E-state index in [0.717, 1.165) is 4.90 Å². The molecule has 6 heteroatoms. The van der Waals surface area contributed by atoms with E-state index in [2.05, 4.69) is 11.6 Å². The molecule has 0 aromatic carbocycles. The van der Waals surface area contributed by atoms with Crippen LogP contribution in [0.15, 0.2) is 0 Å². The number of amides is 1. The van der Waals surface area contributed by atoms with Crippen molar-refractivity contribution in [3.8, 4) is 0 Å². The molecule has 0 spiro atoms. The lowest BCUT2D eigenvalue weighted by Gasteiger charge is -2.27. The number of morpholine rings is 1. The second kappa shape index (κ2) is 2.78. The molecule has 1 amide bonds. The molecule has 0 saturated carbocycles. The van der Waals surface area contributed by atoms with Crippen molar-refractivity contribution in [1.29, 1.82) is 0 Å². The van der Waals surface area contributed by atoms with Gasteiger partial charge in [0.15, 0.2) is 0 Å². The zero-order valence-corrected chi connectivity index (χ0v) is 7.43. The highest BCUT2D eigenvalue weighted by Crippen LogP contribution is 2.32. The van der Waals surface area contributed by atoms with Crippen LogP contribution in [0.2, 0.25) is 0 Å². The minimum Gasteiger partial charge on any atom is -0.374 e. The highest BCUT2D eigenvalue weighted by atomic mass is 35.5. The maximum absolute atomic E-state index is 12.4. The van der Waals surface area contributed by atoms with Crippen molar-refractivity contribution in [1.82, 2.24) is 4.90 Å². The van der Waals surface area contributed by atoms with E-state index in [1.165, 1.54) is 0 Å². The molecule has 2 unspecified atom stereocenters. The van der Waals surface area contributed by atoms with Crippen molar-refractivity contribution in [3.05, 3.63) is 0 Å². The third kappa shape index (κ3) is 1.50. The average Bonchev–Trinajstić information content (AvgIpc) is 2.60. The first-order chi connectivity index (χ1) is 5.98. The Morgan fingerprint density at radius 3 is 2.69 bits per heavy atom. The van der Waals surface area contributed by atoms with Crippen LogP contribution in [-0.2, 0) is 9.53 Å². The number of ether oxygens (including phenoxy) is 1. The summed E-state index contributed by atoms with van der Waals surface area (Å²) in [5.74, 6) is -1.30. The maximum Gasteiger partial charge on any atom is 0.399 e. The Morgan fingerprint density at radius 2 is 2.31 bits per heavy atom. The van der Waals surface area contributed by atoms with Gasteiger partial charge in [0.05, 0.1) is 18.8 Å². The number of fused-ring (bicyclic) bond motifs is 2. The Kier molecular flexibility index (Phi) is 1.96. The number of carbonyl (C=O) groups excluding carboxylic acids is 1. The molecule has 0 aliphatic carbocycles. The van der Waals surface area contributed by atoms with Crippen LogP contribution in [0.3, 0.4) is 0 Å². The molecule has 2 heterocycles. The van der Waals surface area contributed by atoms with E-state index >= 15 is 0 Å². The minimum atomic E-state index is -3.77. The molecule has 2 saturated heterocycles. The summed E-state index contributed by atoms with van der Waals surface area (Å²) in [5.41, 5.74) is 0. The monoisotopic (exact) mass is 211 g/mol. The van der Waals surface area contributed by atoms with Gasteiger partial charge < -0.3 is 9.64 Å². The fraction of sp³-hybridized carbons (Fsp3) is 0.857. The van der Waals surface area contributed by atoms with Crippen molar-refractivity contribution >= 4 is 17.5 Å². The van der Waals surface area contributed by atoms with Crippen LogP contribution in [0.1, 0.15) is 6.42 Å². The molecule has 2 aliphatic rings. The zero-order valence-electron chi connectivity index (χ0n) is 6.67. The molecule has 2 bridgehead atoms. The summed E-state index contributed by atoms with van der Waals surface area (Å²) in [6.07, 6.45) is 0.576. The number of nitrogens with zero attached hydrogens (tertiary/aromatic N) is 1. The predicted molar refractivity (Wildman–Crippen MR) is 40.7 cm³/mol. The quantitative estimate of drug-likeness (QED) is 0.601. The van der Waals surface area contributed by atoms with Gasteiger partial charge in [-0.1, -0.05) is 0 Å². The van der Waals surface area contributed by atoms with Gasteiger partial charge in [0.25, 0.3) is 0 Å². The second-order valence-corrected chi connectivity index (χ2v) is 3.77. The number of hydrogen-bond acceptors (Lipinski definition) is 2. The first-order valence-corrected chi connectivity index (χ1v) is 4.35. The molecule has 0 N–H and O–H groups in total. The maximum atomic E-state index is 12.4. The van der Waals surface area contributed by atoms with Gasteiger partial charge in [-0.05, 0) is 18.0 Å². The number of hydrogen-bond donors (Lipinski definition) is 0. The second-order valence-electron chi connectivity index (χ2n) is 3.30. The van der Waals surface area contributed by atoms with Crippen LogP contribution in [0, 0.1) is 0 Å². The third-order valence-electron chi connectivity index (χ3n) is 2.40. The molecule has 13 heavy (non-hydrogen) atoms. The molecule has 2 atom stereocenters. The molecule has 2 aliphatic heterocycles. The van der Waals surface area contributed by atoms with E-state index in [0.29, 0.717) is 13.0 Å². The number of halogens is 3. The van der Waals surface area contributed by atoms with Gasteiger partial charge >= 0.3 is 11.3 Å². The van der Waals surface area contributed by atoms with E-state index in [4.69, 9.17) is 4.74 Å². The van der Waals surface area contributed by atoms with E-state index in [9.17, 15) is 13.6 Å².